The van der Waals surface area contributed by atoms with Crippen LogP contribution < -0.4 is 15.2 Å². The number of thioether (sulfide) groups is 1. The molecule has 0 saturated carbocycles. The van der Waals surface area contributed by atoms with E-state index in [0.29, 0.717) is 10.5 Å². The fraction of sp³-hybridized carbons (Fsp3) is 0.500. The molecule has 0 fully saturated rings. The van der Waals surface area contributed by atoms with Gasteiger partial charge in [0.2, 0.25) is 0 Å². The van der Waals surface area contributed by atoms with Gasteiger partial charge in [-0.2, -0.15) is 0 Å². The van der Waals surface area contributed by atoms with E-state index in [4.69, 9.17) is 23.4 Å². The first-order chi connectivity index (χ1) is 10.6. The lowest BCUT2D eigenvalue weighted by atomic mass is 10.1. The van der Waals surface area contributed by atoms with Crippen molar-refractivity contribution in [2.24, 2.45) is 5.73 Å². The van der Waals surface area contributed by atoms with Gasteiger partial charge in [0, 0.05) is 5.75 Å². The molecule has 0 heterocycles. The van der Waals surface area contributed by atoms with Crippen LogP contribution in [-0.4, -0.2) is 33.0 Å². The minimum absolute atomic E-state index is 0.0183. The Morgan fingerprint density at radius 1 is 1.35 bits per heavy atom. The van der Waals surface area contributed by atoms with Gasteiger partial charge < -0.3 is 15.2 Å². The third-order valence-corrected chi connectivity index (χ3v) is 3.08. The molecule has 0 aliphatic rings. The molecule has 0 aliphatic carbocycles. The number of hydrogen-bond donors (Lipinski definition) is 1. The molecule has 5 heteroatoms. The van der Waals surface area contributed by atoms with Crippen molar-refractivity contribution in [3.63, 3.8) is 0 Å². The number of hydrogen-bond acceptors (Lipinski definition) is 4. The van der Waals surface area contributed by atoms with E-state index >= 15 is 0 Å². The normalized spacial score (nSPS) is 17.1. The van der Waals surface area contributed by atoms with Crippen molar-refractivity contribution in [3.05, 3.63) is 17.7 Å². The lowest BCUT2D eigenvalue weighted by molar-refractivity contribution is 0.390. The Bertz CT molecular complexity index is 523. The summed E-state index contributed by atoms with van der Waals surface area (Å²) in [6, 6.07) is 2.72. The first-order valence-corrected chi connectivity index (χ1v) is 5.98. The van der Waals surface area contributed by atoms with Gasteiger partial charge in [0.25, 0.3) is 0 Å². The SMILES string of the molecule is [2H]C([2H])([2H])Oc1cc(SCCF)c(OC([2H])([2H])[2H])cc1CCN. The van der Waals surface area contributed by atoms with Crippen LogP contribution in [0.15, 0.2) is 17.0 Å². The molecule has 1 rings (SSSR count). The molecule has 2 N–H and O–H groups in total. The summed E-state index contributed by atoms with van der Waals surface area (Å²) in [7, 11) is -5.35. The van der Waals surface area contributed by atoms with E-state index in [1.54, 1.807) is 0 Å². The zero-order valence-corrected chi connectivity index (χ0v) is 9.98. The Morgan fingerprint density at radius 2 is 2.12 bits per heavy atom. The molecule has 0 unspecified atom stereocenters. The molecule has 0 amide bonds. The molecule has 1 aromatic carbocycles. The number of rotatable bonds is 7. The summed E-state index contributed by atoms with van der Waals surface area (Å²) in [5.41, 5.74) is 5.90. The van der Waals surface area contributed by atoms with Crippen molar-refractivity contribution in [3.8, 4) is 11.5 Å². The zero-order valence-electron chi connectivity index (χ0n) is 15.2. The Kier molecular flexibility index (Phi) is 3.26. The Morgan fingerprint density at radius 3 is 2.76 bits per heavy atom. The second-order valence-electron chi connectivity index (χ2n) is 3.19. The minimum atomic E-state index is -2.68. The van der Waals surface area contributed by atoms with Gasteiger partial charge in [-0.3, -0.25) is 4.39 Å². The monoisotopic (exact) mass is 265 g/mol. The molecule has 0 atom stereocenters. The summed E-state index contributed by atoms with van der Waals surface area (Å²) in [5, 5.41) is 0. The molecule has 96 valence electrons. The van der Waals surface area contributed by atoms with E-state index in [0.717, 1.165) is 11.8 Å². The van der Waals surface area contributed by atoms with Gasteiger partial charge in [0.15, 0.2) is 0 Å². The zero-order chi connectivity index (χ0) is 17.7. The van der Waals surface area contributed by atoms with Gasteiger partial charge in [0.05, 0.1) is 33.9 Å². The van der Waals surface area contributed by atoms with Crippen molar-refractivity contribution in [2.75, 3.05) is 33.0 Å². The van der Waals surface area contributed by atoms with Crippen LogP contribution in [0.2, 0.25) is 0 Å². The molecule has 0 radical (unpaired) electrons. The van der Waals surface area contributed by atoms with Gasteiger partial charge in [-0.1, -0.05) is 0 Å². The fourth-order valence-electron chi connectivity index (χ4n) is 1.37. The summed E-state index contributed by atoms with van der Waals surface area (Å²) in [5.74, 6) is 0.139. The smallest absolute Gasteiger partial charge is 0.132 e. The van der Waals surface area contributed by atoms with Crippen LogP contribution in [0.4, 0.5) is 4.39 Å². The van der Waals surface area contributed by atoms with E-state index in [1.807, 2.05) is 0 Å². The Balaban J connectivity index is 3.29. The van der Waals surface area contributed by atoms with Crippen LogP contribution >= 0.6 is 11.8 Å². The topological polar surface area (TPSA) is 44.5 Å². The second kappa shape index (κ2) is 7.40. The van der Waals surface area contributed by atoms with Gasteiger partial charge in [-0.25, -0.2) is 0 Å². The van der Waals surface area contributed by atoms with Crippen molar-refractivity contribution in [1.29, 1.82) is 0 Å². The van der Waals surface area contributed by atoms with Crippen molar-refractivity contribution in [1.82, 2.24) is 0 Å². The largest absolute Gasteiger partial charge is 0.496 e. The predicted molar refractivity (Wildman–Crippen MR) is 69.0 cm³/mol. The van der Waals surface area contributed by atoms with E-state index in [9.17, 15) is 4.39 Å². The van der Waals surface area contributed by atoms with E-state index in [-0.39, 0.29) is 30.2 Å². The van der Waals surface area contributed by atoms with Crippen LogP contribution in [0.1, 0.15) is 13.8 Å². The average molecular weight is 265 g/mol. The predicted octanol–water partition coefficient (Wildman–Crippen LogP) is 2.27. The van der Waals surface area contributed by atoms with Crippen molar-refractivity contribution in [2.45, 2.75) is 11.3 Å². The summed E-state index contributed by atoms with van der Waals surface area (Å²) in [6.45, 7) is -0.417. The Hall–Kier alpha value is -0.940. The molecular weight excluding hydrogens is 241 g/mol. The van der Waals surface area contributed by atoms with Crippen molar-refractivity contribution >= 4 is 11.8 Å². The molecule has 0 aliphatic heterocycles. The van der Waals surface area contributed by atoms with Crippen molar-refractivity contribution < 1.29 is 22.1 Å². The van der Waals surface area contributed by atoms with Crippen LogP contribution in [-0.2, 0) is 6.42 Å². The highest BCUT2D eigenvalue weighted by Crippen LogP contribution is 2.35. The Labute approximate surface area is 114 Å². The van der Waals surface area contributed by atoms with Gasteiger partial charge in [0.1, 0.15) is 11.5 Å². The highest BCUT2D eigenvalue weighted by molar-refractivity contribution is 7.99. The summed E-state index contributed by atoms with van der Waals surface area (Å²) < 4.78 is 65.4. The van der Waals surface area contributed by atoms with E-state index in [1.165, 1.54) is 12.1 Å². The van der Waals surface area contributed by atoms with E-state index in [2.05, 4.69) is 0 Å². The van der Waals surface area contributed by atoms with Crippen LogP contribution in [0.5, 0.6) is 11.5 Å². The number of methoxy groups -OCH3 is 2. The highest BCUT2D eigenvalue weighted by Gasteiger charge is 2.11. The quantitative estimate of drug-likeness (QED) is 0.768. The molecule has 0 bridgehead atoms. The van der Waals surface area contributed by atoms with Crippen LogP contribution in [0, 0.1) is 0 Å². The standard InChI is InChI=1S/C12H18FNO2S/c1-15-10-8-12(17-6-4-13)11(16-2)7-9(10)3-5-14/h7-8H,3-6,14H2,1-2H3/i1D3,2D3. The maximum absolute atomic E-state index is 12.4. The number of ether oxygens (including phenoxy) is 2. The lowest BCUT2D eigenvalue weighted by Crippen LogP contribution is -2.05. The first kappa shape index (κ1) is 7.48. The fourth-order valence-corrected chi connectivity index (χ4v) is 2.10. The van der Waals surface area contributed by atoms with E-state index < -0.39 is 20.8 Å². The summed E-state index contributed by atoms with van der Waals surface area (Å²) >= 11 is 1.01. The third-order valence-electron chi connectivity index (χ3n) is 2.10. The highest BCUT2D eigenvalue weighted by atomic mass is 32.2. The minimum Gasteiger partial charge on any atom is -0.496 e. The molecule has 0 aromatic heterocycles. The number of halogens is 1. The molecule has 0 saturated heterocycles. The lowest BCUT2D eigenvalue weighted by Gasteiger charge is -2.13. The van der Waals surface area contributed by atoms with Gasteiger partial charge in [-0.15, -0.1) is 11.8 Å². The maximum atomic E-state index is 12.4. The average Bonchev–Trinajstić information content (AvgIpc) is 2.37. The molecular formula is C12H18FNO2S. The van der Waals surface area contributed by atoms with Crippen LogP contribution in [0.25, 0.3) is 0 Å². The second-order valence-corrected chi connectivity index (χ2v) is 4.32. The van der Waals surface area contributed by atoms with Gasteiger partial charge >= 0.3 is 0 Å². The van der Waals surface area contributed by atoms with Gasteiger partial charge in [-0.05, 0) is 30.7 Å². The molecule has 17 heavy (non-hydrogen) atoms. The molecule has 3 nitrogen and oxygen atoms in total. The number of benzene rings is 1. The first-order valence-electron chi connectivity index (χ1n) is 7.99. The number of alkyl halides is 1. The number of nitrogens with two attached hydrogens (primary N) is 1. The third kappa shape index (κ3) is 3.78. The molecule has 0 spiro atoms. The van der Waals surface area contributed by atoms with Crippen LogP contribution in [0.3, 0.4) is 0 Å². The molecule has 1 aromatic rings. The summed E-state index contributed by atoms with van der Waals surface area (Å²) in [4.78, 5) is 0.291. The maximum Gasteiger partial charge on any atom is 0.132 e. The summed E-state index contributed by atoms with van der Waals surface area (Å²) in [6.07, 6.45) is 0.275.